The van der Waals surface area contributed by atoms with Crippen LogP contribution in [0.2, 0.25) is 0 Å². The lowest BCUT2D eigenvalue weighted by atomic mass is 9.83. The van der Waals surface area contributed by atoms with Gasteiger partial charge in [-0.3, -0.25) is 9.59 Å². The molecular formula is C24H38N2O4. The second kappa shape index (κ2) is 11.3. The highest BCUT2D eigenvalue weighted by Crippen LogP contribution is 2.31. The Morgan fingerprint density at radius 2 is 1.60 bits per heavy atom. The zero-order valence-electron chi connectivity index (χ0n) is 19.2. The Morgan fingerprint density at radius 3 is 2.10 bits per heavy atom. The maximum atomic E-state index is 13.2. The van der Waals surface area contributed by atoms with Gasteiger partial charge in [-0.1, -0.05) is 27.7 Å². The van der Waals surface area contributed by atoms with Gasteiger partial charge in [0.05, 0.1) is 0 Å². The first-order valence-corrected chi connectivity index (χ1v) is 11.2. The van der Waals surface area contributed by atoms with Crippen molar-refractivity contribution in [3.8, 4) is 5.75 Å². The number of rotatable bonds is 11. The first kappa shape index (κ1) is 24.2. The molecule has 30 heavy (non-hydrogen) atoms. The minimum Gasteiger partial charge on any atom is -0.484 e. The van der Waals surface area contributed by atoms with Gasteiger partial charge in [-0.05, 0) is 68.7 Å². The summed E-state index contributed by atoms with van der Waals surface area (Å²) in [6.45, 7) is 12.5. The molecule has 6 heteroatoms. The summed E-state index contributed by atoms with van der Waals surface area (Å²) in [4.78, 5) is 27.2. The Labute approximate surface area is 181 Å². The highest BCUT2D eigenvalue weighted by atomic mass is 16.5. The molecule has 1 heterocycles. The van der Waals surface area contributed by atoms with Gasteiger partial charge < -0.3 is 19.7 Å². The number of likely N-dealkylation sites (tertiary alicyclic amines) is 1. The van der Waals surface area contributed by atoms with Crippen molar-refractivity contribution >= 4 is 17.5 Å². The van der Waals surface area contributed by atoms with Crippen LogP contribution in [0.3, 0.4) is 0 Å². The summed E-state index contributed by atoms with van der Waals surface area (Å²) in [5.74, 6) is 1.20. The Morgan fingerprint density at radius 1 is 1.03 bits per heavy atom. The Kier molecular flexibility index (Phi) is 9.15. The highest BCUT2D eigenvalue weighted by molar-refractivity contribution is 5.97. The normalized spacial score (nSPS) is 14.4. The maximum Gasteiger partial charge on any atom is 0.260 e. The largest absolute Gasteiger partial charge is 0.484 e. The van der Waals surface area contributed by atoms with Gasteiger partial charge >= 0.3 is 0 Å². The van der Waals surface area contributed by atoms with E-state index in [4.69, 9.17) is 9.47 Å². The molecule has 0 radical (unpaired) electrons. The fourth-order valence-corrected chi connectivity index (χ4v) is 4.13. The molecule has 0 atom stereocenters. The highest BCUT2D eigenvalue weighted by Gasteiger charge is 2.40. The quantitative estimate of drug-likeness (QED) is 0.575. The molecule has 0 unspecified atom stereocenters. The molecule has 1 N–H and O–H groups in total. The lowest BCUT2D eigenvalue weighted by Crippen LogP contribution is -2.47. The molecule has 1 saturated heterocycles. The van der Waals surface area contributed by atoms with E-state index in [-0.39, 0.29) is 18.4 Å². The molecular weight excluding hydrogens is 380 g/mol. The van der Waals surface area contributed by atoms with Crippen molar-refractivity contribution < 1.29 is 19.1 Å². The molecule has 0 aliphatic carbocycles. The van der Waals surface area contributed by atoms with Crippen LogP contribution in [0.15, 0.2) is 24.3 Å². The van der Waals surface area contributed by atoms with Crippen LogP contribution in [0.1, 0.15) is 60.3 Å². The van der Waals surface area contributed by atoms with Gasteiger partial charge in [-0.15, -0.1) is 0 Å². The number of carbonyl (C=O) groups is 2. The molecule has 2 rings (SSSR count). The molecule has 0 bridgehead atoms. The molecule has 1 fully saturated rings. The number of hydrogen-bond donors (Lipinski definition) is 1. The third kappa shape index (κ3) is 7.01. The van der Waals surface area contributed by atoms with E-state index in [1.807, 2.05) is 11.8 Å². The zero-order valence-corrected chi connectivity index (χ0v) is 19.2. The van der Waals surface area contributed by atoms with Crippen molar-refractivity contribution in [2.75, 3.05) is 31.6 Å². The van der Waals surface area contributed by atoms with Crippen molar-refractivity contribution in [3.63, 3.8) is 0 Å². The number of nitrogens with zero attached hydrogens (tertiary/aromatic N) is 1. The summed E-state index contributed by atoms with van der Waals surface area (Å²) in [6.07, 6.45) is 3.48. The summed E-state index contributed by atoms with van der Waals surface area (Å²) < 4.78 is 11.7. The van der Waals surface area contributed by atoms with Gasteiger partial charge in [0.2, 0.25) is 0 Å². The predicted octanol–water partition coefficient (Wildman–Crippen LogP) is 4.49. The van der Waals surface area contributed by atoms with Crippen LogP contribution in [0.5, 0.6) is 5.75 Å². The molecule has 2 amide bonds. The molecule has 0 spiro atoms. The Bertz CT molecular complexity index is 669. The summed E-state index contributed by atoms with van der Waals surface area (Å²) >= 11 is 0. The molecule has 0 saturated carbocycles. The number of anilines is 1. The monoisotopic (exact) mass is 418 g/mol. The lowest BCUT2D eigenvalue weighted by molar-refractivity contribution is -0.146. The lowest BCUT2D eigenvalue weighted by Gasteiger charge is -2.35. The van der Waals surface area contributed by atoms with Crippen molar-refractivity contribution in [1.29, 1.82) is 0 Å². The first-order valence-electron chi connectivity index (χ1n) is 11.2. The van der Waals surface area contributed by atoms with Gasteiger partial charge in [0, 0.05) is 25.4 Å². The minimum atomic E-state index is -0.839. The summed E-state index contributed by atoms with van der Waals surface area (Å²) in [5.41, 5.74) is -0.149. The topological polar surface area (TPSA) is 67.9 Å². The van der Waals surface area contributed by atoms with E-state index < -0.39 is 5.60 Å². The second-order valence-corrected chi connectivity index (χ2v) is 8.98. The SMILES string of the molecule is CCOC(CC(C)C)(CC(C)C)C(=O)Nc1ccc(OCC(=O)N2CCCC2)cc1. The molecule has 0 aromatic heterocycles. The number of carbonyl (C=O) groups excluding carboxylic acids is 2. The third-order valence-corrected chi connectivity index (χ3v) is 5.24. The molecule has 1 aromatic carbocycles. The van der Waals surface area contributed by atoms with E-state index in [1.165, 1.54) is 0 Å². The summed E-state index contributed by atoms with van der Waals surface area (Å²) in [5, 5.41) is 3.02. The van der Waals surface area contributed by atoms with Crippen LogP contribution in [0, 0.1) is 11.8 Å². The van der Waals surface area contributed by atoms with E-state index >= 15 is 0 Å². The van der Waals surface area contributed by atoms with Crippen LogP contribution >= 0.6 is 0 Å². The summed E-state index contributed by atoms with van der Waals surface area (Å²) in [7, 11) is 0. The van der Waals surface area contributed by atoms with Crippen molar-refractivity contribution in [3.05, 3.63) is 24.3 Å². The maximum absolute atomic E-state index is 13.2. The average Bonchev–Trinajstić information content (AvgIpc) is 3.21. The van der Waals surface area contributed by atoms with Crippen molar-refractivity contribution in [2.24, 2.45) is 11.8 Å². The molecule has 1 aromatic rings. The summed E-state index contributed by atoms with van der Waals surface area (Å²) in [6, 6.07) is 7.16. The third-order valence-electron chi connectivity index (χ3n) is 5.24. The first-order chi connectivity index (χ1) is 14.3. The van der Waals surface area contributed by atoms with E-state index in [1.54, 1.807) is 24.3 Å². The number of ether oxygens (including phenoxy) is 2. The van der Waals surface area contributed by atoms with Crippen molar-refractivity contribution in [2.45, 2.75) is 65.9 Å². The minimum absolute atomic E-state index is 0.0220. The van der Waals surface area contributed by atoms with Crippen molar-refractivity contribution in [1.82, 2.24) is 4.90 Å². The van der Waals surface area contributed by atoms with Gasteiger partial charge in [0.25, 0.3) is 11.8 Å². The fourth-order valence-electron chi connectivity index (χ4n) is 4.13. The molecule has 1 aliphatic heterocycles. The Hall–Kier alpha value is -2.08. The van der Waals surface area contributed by atoms with Gasteiger partial charge in [0.1, 0.15) is 11.4 Å². The van der Waals surface area contributed by atoms with E-state index in [9.17, 15) is 9.59 Å². The number of benzene rings is 1. The number of nitrogens with one attached hydrogen (secondary N) is 1. The standard InChI is InChI=1S/C24H38N2O4/c1-6-30-24(15-18(2)3,16-19(4)5)23(28)25-20-9-11-21(12-10-20)29-17-22(27)26-13-7-8-14-26/h9-12,18-19H,6-8,13-17H2,1-5H3,(H,25,28). The molecule has 168 valence electrons. The van der Waals surface area contributed by atoms with Gasteiger partial charge in [0.15, 0.2) is 6.61 Å². The number of hydrogen-bond acceptors (Lipinski definition) is 4. The van der Waals surface area contributed by atoms with E-state index in [0.717, 1.165) is 25.9 Å². The number of amides is 2. The van der Waals surface area contributed by atoms with Gasteiger partial charge in [-0.25, -0.2) is 0 Å². The van der Waals surface area contributed by atoms with Crippen LogP contribution < -0.4 is 10.1 Å². The smallest absolute Gasteiger partial charge is 0.260 e. The average molecular weight is 419 g/mol. The van der Waals surface area contributed by atoms with Crippen LogP contribution in [0.25, 0.3) is 0 Å². The van der Waals surface area contributed by atoms with E-state index in [0.29, 0.717) is 42.7 Å². The Balaban J connectivity index is 2.00. The molecule has 6 nitrogen and oxygen atoms in total. The predicted molar refractivity (Wildman–Crippen MR) is 120 cm³/mol. The zero-order chi connectivity index (χ0) is 22.1. The van der Waals surface area contributed by atoms with Crippen LogP contribution in [0.4, 0.5) is 5.69 Å². The van der Waals surface area contributed by atoms with Crippen LogP contribution in [-0.2, 0) is 14.3 Å². The fraction of sp³-hybridized carbons (Fsp3) is 0.667. The molecule has 1 aliphatic rings. The van der Waals surface area contributed by atoms with E-state index in [2.05, 4.69) is 33.0 Å². The second-order valence-electron chi connectivity index (χ2n) is 8.98. The van der Waals surface area contributed by atoms with Crippen LogP contribution in [-0.4, -0.2) is 48.6 Å². The van der Waals surface area contributed by atoms with Gasteiger partial charge in [-0.2, -0.15) is 0 Å².